The molecule has 0 unspecified atom stereocenters. The number of thiazole rings is 1. The van der Waals surface area contributed by atoms with E-state index in [9.17, 15) is 0 Å². The van der Waals surface area contributed by atoms with Crippen molar-refractivity contribution in [2.45, 2.75) is 33.2 Å². The van der Waals surface area contributed by atoms with Gasteiger partial charge in [-0.25, -0.2) is 15.0 Å². The van der Waals surface area contributed by atoms with Crippen LogP contribution in [0.1, 0.15) is 29.7 Å². The molecule has 150 valence electrons. The average Bonchev–Trinajstić information content (AvgIpc) is 3.33. The Morgan fingerprint density at radius 3 is 2.71 bits per heavy atom. The number of rotatable bonds is 8. The smallest absolute Gasteiger partial charge is 0.226 e. The van der Waals surface area contributed by atoms with Crippen molar-refractivity contribution in [3.63, 3.8) is 0 Å². The number of hydrogen-bond donors (Lipinski definition) is 2. The number of hydrogen-bond acceptors (Lipinski definition) is 5. The summed E-state index contributed by atoms with van der Waals surface area (Å²) in [5.74, 6) is 1.41. The van der Waals surface area contributed by atoms with Gasteiger partial charge in [-0.05, 0) is 32.4 Å². The van der Waals surface area contributed by atoms with E-state index >= 15 is 0 Å². The zero-order valence-electron chi connectivity index (χ0n) is 16.1. The molecule has 0 spiro atoms. The SMILES string of the molecule is CCNC(=NCc1coc(-c2ccccc2)n1)NCCCc1nc(C)cs1.I. The highest BCUT2D eigenvalue weighted by atomic mass is 127. The van der Waals surface area contributed by atoms with Gasteiger partial charge in [-0.1, -0.05) is 18.2 Å². The van der Waals surface area contributed by atoms with Gasteiger partial charge in [-0.15, -0.1) is 35.3 Å². The van der Waals surface area contributed by atoms with E-state index in [1.54, 1.807) is 17.6 Å². The van der Waals surface area contributed by atoms with E-state index in [4.69, 9.17) is 4.42 Å². The third-order valence-electron chi connectivity index (χ3n) is 3.84. The van der Waals surface area contributed by atoms with Crippen molar-refractivity contribution >= 4 is 41.3 Å². The van der Waals surface area contributed by atoms with E-state index < -0.39 is 0 Å². The molecule has 0 saturated heterocycles. The van der Waals surface area contributed by atoms with E-state index in [-0.39, 0.29) is 24.0 Å². The number of aryl methyl sites for hydroxylation is 2. The highest BCUT2D eigenvalue weighted by Crippen LogP contribution is 2.18. The van der Waals surface area contributed by atoms with Gasteiger partial charge in [0.25, 0.3) is 0 Å². The van der Waals surface area contributed by atoms with Crippen LogP contribution in [0.25, 0.3) is 11.5 Å². The number of halogens is 1. The molecule has 0 aliphatic carbocycles. The fraction of sp³-hybridized carbons (Fsp3) is 0.350. The monoisotopic (exact) mass is 511 g/mol. The number of aromatic nitrogens is 2. The molecule has 3 rings (SSSR count). The van der Waals surface area contributed by atoms with Crippen LogP contribution in [-0.2, 0) is 13.0 Å². The van der Waals surface area contributed by atoms with Crippen molar-refractivity contribution in [1.82, 2.24) is 20.6 Å². The Hall–Kier alpha value is -1.94. The summed E-state index contributed by atoms with van der Waals surface area (Å²) in [7, 11) is 0. The second kappa shape index (κ2) is 11.8. The van der Waals surface area contributed by atoms with Gasteiger partial charge in [0.05, 0.1) is 11.6 Å². The van der Waals surface area contributed by atoms with Crippen molar-refractivity contribution in [3.8, 4) is 11.5 Å². The van der Waals surface area contributed by atoms with Gasteiger partial charge < -0.3 is 15.1 Å². The lowest BCUT2D eigenvalue weighted by Gasteiger charge is -2.10. The summed E-state index contributed by atoms with van der Waals surface area (Å²) >= 11 is 1.72. The molecular formula is C20H26IN5OS. The van der Waals surface area contributed by atoms with Gasteiger partial charge in [0.15, 0.2) is 5.96 Å². The molecule has 2 N–H and O–H groups in total. The maximum atomic E-state index is 5.57. The maximum absolute atomic E-state index is 5.57. The molecule has 1 aromatic carbocycles. The van der Waals surface area contributed by atoms with E-state index in [0.29, 0.717) is 12.4 Å². The molecule has 0 atom stereocenters. The van der Waals surface area contributed by atoms with E-state index in [1.165, 1.54) is 5.01 Å². The number of aliphatic imine (C=N–C) groups is 1. The van der Waals surface area contributed by atoms with E-state index in [0.717, 1.165) is 48.8 Å². The van der Waals surface area contributed by atoms with Gasteiger partial charge in [-0.3, -0.25) is 0 Å². The average molecular weight is 511 g/mol. The summed E-state index contributed by atoms with van der Waals surface area (Å²) in [6.45, 7) is 6.21. The van der Waals surface area contributed by atoms with Crippen molar-refractivity contribution in [3.05, 3.63) is 58.4 Å². The van der Waals surface area contributed by atoms with Crippen molar-refractivity contribution < 1.29 is 4.42 Å². The van der Waals surface area contributed by atoms with Crippen LogP contribution >= 0.6 is 35.3 Å². The summed E-state index contributed by atoms with van der Waals surface area (Å²) in [6, 6.07) is 9.87. The summed E-state index contributed by atoms with van der Waals surface area (Å²) in [5, 5.41) is 9.91. The van der Waals surface area contributed by atoms with Crippen molar-refractivity contribution in [2.75, 3.05) is 13.1 Å². The Kier molecular flexibility index (Phi) is 9.42. The Balaban J connectivity index is 0.00000280. The molecule has 2 aromatic heterocycles. The van der Waals surface area contributed by atoms with Gasteiger partial charge in [0.1, 0.15) is 12.0 Å². The highest BCUT2D eigenvalue weighted by molar-refractivity contribution is 14.0. The van der Waals surface area contributed by atoms with Crippen LogP contribution in [0.15, 0.2) is 51.4 Å². The molecule has 0 aliphatic rings. The first-order valence-electron chi connectivity index (χ1n) is 9.17. The van der Waals surface area contributed by atoms with Crippen LogP contribution in [0.2, 0.25) is 0 Å². The summed E-state index contributed by atoms with van der Waals surface area (Å²) < 4.78 is 5.57. The zero-order chi connectivity index (χ0) is 18.9. The minimum Gasteiger partial charge on any atom is -0.444 e. The fourth-order valence-corrected chi connectivity index (χ4v) is 3.38. The summed E-state index contributed by atoms with van der Waals surface area (Å²) in [6.07, 6.45) is 3.66. The predicted molar refractivity (Wildman–Crippen MR) is 125 cm³/mol. The molecule has 6 nitrogen and oxygen atoms in total. The van der Waals surface area contributed by atoms with Gasteiger partial charge >= 0.3 is 0 Å². The van der Waals surface area contributed by atoms with Crippen LogP contribution in [-0.4, -0.2) is 29.0 Å². The fourth-order valence-electron chi connectivity index (χ4n) is 2.56. The molecule has 0 aliphatic heterocycles. The Bertz CT molecular complexity index is 862. The van der Waals surface area contributed by atoms with Crippen molar-refractivity contribution in [1.29, 1.82) is 0 Å². The molecule has 28 heavy (non-hydrogen) atoms. The Morgan fingerprint density at radius 2 is 2.00 bits per heavy atom. The van der Waals surface area contributed by atoms with E-state index in [2.05, 4.69) is 37.9 Å². The first-order valence-corrected chi connectivity index (χ1v) is 10.1. The lowest BCUT2D eigenvalue weighted by atomic mass is 10.2. The minimum absolute atomic E-state index is 0. The first kappa shape index (κ1) is 22.4. The lowest BCUT2D eigenvalue weighted by molar-refractivity contribution is 0.572. The first-order chi connectivity index (χ1) is 13.2. The molecule has 3 aromatic rings. The topological polar surface area (TPSA) is 75.3 Å². The van der Waals surface area contributed by atoms with Gasteiger partial charge in [0, 0.05) is 36.1 Å². The van der Waals surface area contributed by atoms with Crippen LogP contribution in [0.5, 0.6) is 0 Å². The normalized spacial score (nSPS) is 11.1. The van der Waals surface area contributed by atoms with Gasteiger partial charge in [0.2, 0.25) is 5.89 Å². The van der Waals surface area contributed by atoms with Crippen LogP contribution < -0.4 is 10.6 Å². The molecule has 8 heteroatoms. The highest BCUT2D eigenvalue weighted by Gasteiger charge is 2.06. The Morgan fingerprint density at radius 1 is 1.18 bits per heavy atom. The molecule has 0 saturated carbocycles. The third kappa shape index (κ3) is 6.90. The Labute approximate surface area is 186 Å². The number of nitrogens with one attached hydrogen (secondary N) is 2. The summed E-state index contributed by atoms with van der Waals surface area (Å²) in [4.78, 5) is 13.6. The number of nitrogens with zero attached hydrogens (tertiary/aromatic N) is 3. The molecule has 2 heterocycles. The number of guanidine groups is 1. The van der Waals surface area contributed by atoms with Gasteiger partial charge in [-0.2, -0.15) is 0 Å². The third-order valence-corrected chi connectivity index (χ3v) is 4.87. The number of benzene rings is 1. The lowest BCUT2D eigenvalue weighted by Crippen LogP contribution is -2.37. The van der Waals surface area contributed by atoms with Crippen LogP contribution in [0.3, 0.4) is 0 Å². The second-order valence-corrected chi connectivity index (χ2v) is 7.06. The zero-order valence-corrected chi connectivity index (χ0v) is 19.3. The largest absolute Gasteiger partial charge is 0.444 e. The standard InChI is InChI=1S/C20H25N5OS.HI/c1-3-21-20(22-11-7-10-18-24-15(2)14-27-18)23-12-17-13-26-19(25-17)16-8-5-4-6-9-16;/h4-6,8-9,13-14H,3,7,10-12H2,1-2H3,(H2,21,22,23);1H. The van der Waals surface area contributed by atoms with E-state index in [1.807, 2.05) is 37.3 Å². The second-order valence-electron chi connectivity index (χ2n) is 6.12. The minimum atomic E-state index is 0. The molecule has 0 amide bonds. The van der Waals surface area contributed by atoms with Crippen LogP contribution in [0, 0.1) is 6.92 Å². The number of oxazole rings is 1. The molecule has 0 fully saturated rings. The quantitative estimate of drug-likeness (QED) is 0.203. The van der Waals surface area contributed by atoms with Crippen LogP contribution in [0.4, 0.5) is 0 Å². The molecule has 0 bridgehead atoms. The molecular weight excluding hydrogens is 485 g/mol. The molecule has 0 radical (unpaired) electrons. The summed E-state index contributed by atoms with van der Waals surface area (Å²) in [5.41, 5.74) is 2.87. The maximum Gasteiger partial charge on any atom is 0.226 e. The predicted octanol–water partition coefficient (Wildman–Crippen LogP) is 4.41. The van der Waals surface area contributed by atoms with Crippen molar-refractivity contribution in [2.24, 2.45) is 4.99 Å².